The zero-order valence-corrected chi connectivity index (χ0v) is 33.4. The minimum atomic E-state index is -4.08. The third-order valence-electron chi connectivity index (χ3n) is 11.6. The van der Waals surface area contributed by atoms with Crippen LogP contribution in [0.3, 0.4) is 0 Å². The van der Waals surface area contributed by atoms with Crippen LogP contribution in [-0.4, -0.2) is 83.0 Å². The highest BCUT2D eigenvalue weighted by Crippen LogP contribution is 2.37. The number of nitrogens with two attached hydrogens (primary N) is 1. The second-order valence-electron chi connectivity index (χ2n) is 15.6. The highest BCUT2D eigenvalue weighted by atomic mass is 32.2. The van der Waals surface area contributed by atoms with Crippen molar-refractivity contribution in [2.75, 3.05) is 30.5 Å². The van der Waals surface area contributed by atoms with Crippen LogP contribution in [0.25, 0.3) is 0 Å². The van der Waals surface area contributed by atoms with E-state index in [2.05, 4.69) is 48.6 Å². The van der Waals surface area contributed by atoms with E-state index in [4.69, 9.17) is 23.4 Å². The molecule has 2 unspecified atom stereocenters. The largest absolute Gasteiger partial charge is 0.460 e. The quantitative estimate of drug-likeness (QED) is 0.118. The van der Waals surface area contributed by atoms with Crippen molar-refractivity contribution in [2.24, 2.45) is 22.9 Å². The molecule has 0 spiro atoms. The van der Waals surface area contributed by atoms with Crippen LogP contribution in [0.1, 0.15) is 127 Å². The van der Waals surface area contributed by atoms with Crippen molar-refractivity contribution in [2.45, 2.75) is 102 Å². The number of furan rings is 2. The van der Waals surface area contributed by atoms with Gasteiger partial charge in [0.25, 0.3) is 0 Å². The van der Waals surface area contributed by atoms with E-state index in [1.807, 2.05) is 0 Å². The predicted molar refractivity (Wildman–Crippen MR) is 209 cm³/mol. The van der Waals surface area contributed by atoms with Gasteiger partial charge in [0.05, 0.1) is 48.6 Å². The fourth-order valence-corrected chi connectivity index (χ4v) is 8.80. The minimum absolute atomic E-state index is 0.0332. The topological polar surface area (TPSA) is 244 Å². The Labute approximate surface area is 337 Å². The summed E-state index contributed by atoms with van der Waals surface area (Å²) in [5, 5.41) is 21.7. The zero-order valence-electron chi connectivity index (χ0n) is 32.6. The predicted octanol–water partition coefficient (Wildman–Crippen LogP) is 5.31. The molecular formula is C40H51N7O10S. The van der Waals surface area contributed by atoms with E-state index in [1.165, 1.54) is 31.5 Å². The molecule has 2 saturated heterocycles. The molecule has 0 amide bonds. The number of carbonyl (C=O) groups is 2. The van der Waals surface area contributed by atoms with Gasteiger partial charge in [-0.15, -0.1) is 0 Å². The second kappa shape index (κ2) is 18.6. The Bertz CT molecular complexity index is 2130. The summed E-state index contributed by atoms with van der Waals surface area (Å²) in [7, 11) is -4.08. The summed E-state index contributed by atoms with van der Waals surface area (Å²) in [5.41, 5.74) is 2.44. The lowest BCUT2D eigenvalue weighted by atomic mass is 9.96. The standard InChI is InChI=1S/C21H27N3O3.C19H24N4O7S/c1-3-14-8-16(7-13(14)2)24-21-17(10-22-12-23-21)20(25)19-9-15(11-27-19)18-5-4-6-26-18;20-31(26,27)30-9-11-4-13(6-15(11)24)23-19-14(7-21-10-22-19)18(25)17-5-12(8-29-17)16-2-1-3-28-16/h9-14,16,18H,3-8H2,1-2H3,(H,22,23,24);5,7-8,10-11,13,15-16,24H,1-4,6,9H2,(H2,20,26,27)(H,21,22,23)/t13-,14-,16-,18?;11-,13-,15+,16?/m01/s1. The Morgan fingerprint density at radius 2 is 1.34 bits per heavy atom. The fourth-order valence-electron chi connectivity index (χ4n) is 8.44. The third-order valence-corrected chi connectivity index (χ3v) is 12.0. The first-order valence-electron chi connectivity index (χ1n) is 19.9. The maximum absolute atomic E-state index is 13.0. The number of aliphatic hydroxyl groups is 1. The van der Waals surface area contributed by atoms with Crippen LogP contribution in [0.2, 0.25) is 0 Å². The number of anilines is 2. The van der Waals surface area contributed by atoms with Crippen LogP contribution in [0.5, 0.6) is 0 Å². The molecule has 17 nitrogen and oxygen atoms in total. The van der Waals surface area contributed by atoms with E-state index in [-0.39, 0.29) is 47.7 Å². The molecule has 4 aromatic rings. The number of nitrogens with zero attached hydrogens (tertiary/aromatic N) is 4. The van der Waals surface area contributed by atoms with Gasteiger partial charge in [0, 0.05) is 54.7 Å². The second-order valence-corrected chi connectivity index (χ2v) is 16.8. The van der Waals surface area contributed by atoms with Crippen molar-refractivity contribution in [3.05, 3.63) is 83.5 Å². The molecule has 0 bridgehead atoms. The first-order chi connectivity index (χ1) is 28.0. The molecule has 6 heterocycles. The highest BCUT2D eigenvalue weighted by Gasteiger charge is 2.35. The summed E-state index contributed by atoms with van der Waals surface area (Å²) in [6, 6.07) is 3.56. The fraction of sp³-hybridized carbons (Fsp3) is 0.550. The lowest BCUT2D eigenvalue weighted by molar-refractivity contribution is 0.100. The van der Waals surface area contributed by atoms with Crippen LogP contribution < -0.4 is 15.8 Å². The van der Waals surface area contributed by atoms with Crippen molar-refractivity contribution in [1.82, 2.24) is 19.9 Å². The van der Waals surface area contributed by atoms with Gasteiger partial charge in [-0.05, 0) is 75.3 Å². The first kappa shape index (κ1) is 41.6. The molecule has 4 fully saturated rings. The van der Waals surface area contributed by atoms with Gasteiger partial charge in [0.1, 0.15) is 24.3 Å². The summed E-state index contributed by atoms with van der Waals surface area (Å²) in [5.74, 6) is 1.80. The van der Waals surface area contributed by atoms with Crippen LogP contribution >= 0.6 is 0 Å². The molecule has 0 radical (unpaired) electrons. The SMILES string of the molecule is CC[C@H]1C[C@@H](Nc2ncncc2C(=O)c2cc(C3CCCO3)co2)C[C@@H]1C.NS(=O)(=O)OC[C@H]1C[C@@H](Nc2ncncc2C(=O)c2cc(C3CCCO3)co2)C[C@@H]1O. The molecular weight excluding hydrogens is 771 g/mol. The van der Waals surface area contributed by atoms with Crippen molar-refractivity contribution >= 4 is 33.5 Å². The number of rotatable bonds is 14. The number of aromatic nitrogens is 4. The van der Waals surface area contributed by atoms with E-state index in [0.717, 1.165) is 62.2 Å². The smallest absolute Gasteiger partial charge is 0.333 e. The first-order valence-corrected chi connectivity index (χ1v) is 21.4. The Kier molecular flexibility index (Phi) is 13.3. The van der Waals surface area contributed by atoms with Gasteiger partial charge in [-0.1, -0.05) is 20.3 Å². The van der Waals surface area contributed by atoms with E-state index in [0.29, 0.717) is 54.4 Å². The molecule has 58 heavy (non-hydrogen) atoms. The van der Waals surface area contributed by atoms with E-state index in [1.54, 1.807) is 24.6 Å². The van der Waals surface area contributed by atoms with Gasteiger partial charge < -0.3 is 34.0 Å². The molecule has 2 saturated carbocycles. The third kappa shape index (κ3) is 10.2. The molecule has 8 atom stereocenters. The summed E-state index contributed by atoms with van der Waals surface area (Å²) >= 11 is 0. The molecule has 2 aliphatic carbocycles. The van der Waals surface area contributed by atoms with Crippen LogP contribution in [0, 0.1) is 17.8 Å². The van der Waals surface area contributed by atoms with Crippen LogP contribution in [0.4, 0.5) is 11.6 Å². The molecule has 5 N–H and O–H groups in total. The summed E-state index contributed by atoms with van der Waals surface area (Å²) in [6.45, 7) is 5.78. The summed E-state index contributed by atoms with van der Waals surface area (Å²) in [6.07, 6.45) is 16.1. The Hall–Kier alpha value is -4.59. The van der Waals surface area contributed by atoms with Crippen molar-refractivity contribution < 1.29 is 45.6 Å². The van der Waals surface area contributed by atoms with Gasteiger partial charge >= 0.3 is 10.3 Å². The average molecular weight is 822 g/mol. The number of aliphatic hydroxyl groups excluding tert-OH is 1. The molecule has 4 aromatic heterocycles. The Morgan fingerprint density at radius 3 is 1.81 bits per heavy atom. The number of hydrogen-bond donors (Lipinski definition) is 4. The molecule has 8 rings (SSSR count). The molecule has 0 aromatic carbocycles. The summed E-state index contributed by atoms with van der Waals surface area (Å²) < 4.78 is 48.9. The number of ether oxygens (including phenoxy) is 2. The van der Waals surface area contributed by atoms with Crippen molar-refractivity contribution in [1.29, 1.82) is 0 Å². The van der Waals surface area contributed by atoms with Gasteiger partial charge in [0.15, 0.2) is 11.5 Å². The number of carbonyl (C=O) groups excluding carboxylic acids is 2. The molecule has 2 aliphatic heterocycles. The minimum Gasteiger partial charge on any atom is -0.460 e. The number of hydrogen-bond acceptors (Lipinski definition) is 16. The molecule has 4 aliphatic rings. The zero-order chi connectivity index (χ0) is 40.8. The van der Waals surface area contributed by atoms with Crippen LogP contribution in [0.15, 0.2) is 58.5 Å². The lowest BCUT2D eigenvalue weighted by Crippen LogP contribution is -2.24. The number of nitrogens with one attached hydrogen (secondary N) is 2. The maximum atomic E-state index is 13.0. The average Bonchev–Trinajstić information content (AvgIpc) is 4.06. The van der Waals surface area contributed by atoms with E-state index < -0.39 is 22.3 Å². The Balaban J connectivity index is 0.000000178. The maximum Gasteiger partial charge on any atom is 0.333 e. The van der Waals surface area contributed by atoms with Crippen molar-refractivity contribution in [3.63, 3.8) is 0 Å². The molecule has 312 valence electrons. The number of ketones is 2. The highest BCUT2D eigenvalue weighted by molar-refractivity contribution is 7.84. The lowest BCUT2D eigenvalue weighted by Gasteiger charge is -2.15. The molecule has 18 heteroatoms. The van der Waals surface area contributed by atoms with Crippen molar-refractivity contribution in [3.8, 4) is 0 Å². The van der Waals surface area contributed by atoms with Gasteiger partial charge in [-0.3, -0.25) is 13.8 Å². The normalized spacial score (nSPS) is 27.0. The van der Waals surface area contributed by atoms with Gasteiger partial charge in [-0.2, -0.15) is 8.42 Å². The van der Waals surface area contributed by atoms with Crippen LogP contribution in [-0.2, 0) is 24.0 Å². The van der Waals surface area contributed by atoms with Gasteiger partial charge in [-0.25, -0.2) is 25.1 Å². The monoisotopic (exact) mass is 821 g/mol. The van der Waals surface area contributed by atoms with Gasteiger partial charge in [0.2, 0.25) is 11.6 Å². The van der Waals surface area contributed by atoms with E-state index >= 15 is 0 Å². The van der Waals surface area contributed by atoms with E-state index in [9.17, 15) is 23.1 Å². The Morgan fingerprint density at radius 1 is 0.828 bits per heavy atom. The summed E-state index contributed by atoms with van der Waals surface area (Å²) in [4.78, 5) is 42.5.